The summed E-state index contributed by atoms with van der Waals surface area (Å²) >= 11 is 0. The van der Waals surface area contributed by atoms with E-state index < -0.39 is 18.5 Å². The largest absolute Gasteiger partial charge is 0.467 e. The number of carbonyl (C=O) groups is 2. The third-order valence-corrected chi connectivity index (χ3v) is 3.72. The van der Waals surface area contributed by atoms with Gasteiger partial charge in [-0.3, -0.25) is 4.79 Å². The van der Waals surface area contributed by atoms with Crippen LogP contribution in [0.5, 0.6) is 0 Å². The van der Waals surface area contributed by atoms with Gasteiger partial charge in [0.2, 0.25) is 0 Å². The molecule has 2 rings (SSSR count). The second-order valence-electron chi connectivity index (χ2n) is 5.35. The number of hydrogen-bond donors (Lipinski definition) is 1. The average Bonchev–Trinajstić information content (AvgIpc) is 3.17. The molecule has 0 bridgehead atoms. The van der Waals surface area contributed by atoms with Crippen molar-refractivity contribution in [1.29, 1.82) is 5.26 Å². The SMILES string of the molecule is COCC(=O)OCC(=O)Nc1c(C#N)c(C)c(C)n1Cc1ccco1. The predicted molar refractivity (Wildman–Crippen MR) is 87.9 cm³/mol. The first-order valence-electron chi connectivity index (χ1n) is 7.54. The molecule has 0 spiro atoms. The highest BCUT2D eigenvalue weighted by Crippen LogP contribution is 2.27. The minimum atomic E-state index is -0.642. The van der Waals surface area contributed by atoms with Crippen LogP contribution in [-0.2, 0) is 25.6 Å². The number of nitrogens with zero attached hydrogens (tertiary/aromatic N) is 2. The molecule has 0 atom stereocenters. The summed E-state index contributed by atoms with van der Waals surface area (Å²) in [5, 5.41) is 12.1. The van der Waals surface area contributed by atoms with Crippen LogP contribution in [0.2, 0.25) is 0 Å². The molecule has 0 radical (unpaired) electrons. The molecule has 0 saturated heterocycles. The Balaban J connectivity index is 2.20. The fourth-order valence-electron chi connectivity index (χ4n) is 2.36. The van der Waals surface area contributed by atoms with Gasteiger partial charge in [-0.1, -0.05) is 0 Å². The van der Waals surface area contributed by atoms with E-state index in [1.807, 2.05) is 6.92 Å². The van der Waals surface area contributed by atoms with Crippen molar-refractivity contribution in [1.82, 2.24) is 4.57 Å². The van der Waals surface area contributed by atoms with Gasteiger partial charge in [0.25, 0.3) is 5.91 Å². The average molecular weight is 345 g/mol. The van der Waals surface area contributed by atoms with Crippen LogP contribution in [0.3, 0.4) is 0 Å². The van der Waals surface area contributed by atoms with Crippen molar-refractivity contribution in [2.75, 3.05) is 25.6 Å². The molecule has 2 aromatic rings. The third kappa shape index (κ3) is 4.28. The van der Waals surface area contributed by atoms with Crippen LogP contribution in [0.1, 0.15) is 22.6 Å². The number of ether oxygens (including phenoxy) is 2. The summed E-state index contributed by atoms with van der Waals surface area (Å²) in [6.45, 7) is 3.33. The quantitative estimate of drug-likeness (QED) is 0.766. The summed E-state index contributed by atoms with van der Waals surface area (Å²) < 4.78 is 16.5. The van der Waals surface area contributed by atoms with Gasteiger partial charge in [-0.05, 0) is 31.5 Å². The van der Waals surface area contributed by atoms with Crippen LogP contribution in [0.4, 0.5) is 5.82 Å². The molecule has 1 amide bonds. The first-order chi connectivity index (χ1) is 12.0. The highest BCUT2D eigenvalue weighted by Gasteiger charge is 2.20. The Morgan fingerprint density at radius 2 is 2.12 bits per heavy atom. The highest BCUT2D eigenvalue weighted by molar-refractivity contribution is 5.93. The molecule has 25 heavy (non-hydrogen) atoms. The van der Waals surface area contributed by atoms with Crippen LogP contribution in [0.25, 0.3) is 0 Å². The summed E-state index contributed by atoms with van der Waals surface area (Å²) in [4.78, 5) is 23.4. The van der Waals surface area contributed by atoms with Gasteiger partial charge < -0.3 is 23.8 Å². The van der Waals surface area contributed by atoms with E-state index in [4.69, 9.17) is 9.15 Å². The molecular weight excluding hydrogens is 326 g/mol. The van der Waals surface area contributed by atoms with Crippen molar-refractivity contribution in [3.8, 4) is 6.07 Å². The van der Waals surface area contributed by atoms with E-state index in [0.29, 0.717) is 23.7 Å². The van der Waals surface area contributed by atoms with Gasteiger partial charge in [-0.15, -0.1) is 0 Å². The molecule has 1 N–H and O–H groups in total. The van der Waals surface area contributed by atoms with Crippen LogP contribution in [-0.4, -0.2) is 36.8 Å². The van der Waals surface area contributed by atoms with Crippen molar-refractivity contribution >= 4 is 17.7 Å². The number of hydrogen-bond acceptors (Lipinski definition) is 6. The van der Waals surface area contributed by atoms with E-state index in [9.17, 15) is 14.9 Å². The molecule has 2 aromatic heterocycles. The number of amides is 1. The van der Waals surface area contributed by atoms with Gasteiger partial charge in [0, 0.05) is 12.8 Å². The monoisotopic (exact) mass is 345 g/mol. The van der Waals surface area contributed by atoms with E-state index in [2.05, 4.69) is 16.1 Å². The lowest BCUT2D eigenvalue weighted by Gasteiger charge is -2.12. The molecule has 0 aromatic carbocycles. The van der Waals surface area contributed by atoms with E-state index in [1.165, 1.54) is 7.11 Å². The topological polar surface area (TPSA) is 106 Å². The molecule has 0 fully saturated rings. The molecule has 0 unspecified atom stereocenters. The number of esters is 1. The van der Waals surface area contributed by atoms with E-state index >= 15 is 0 Å². The van der Waals surface area contributed by atoms with Crippen LogP contribution < -0.4 is 5.32 Å². The minimum absolute atomic E-state index is 0.232. The Morgan fingerprint density at radius 3 is 2.72 bits per heavy atom. The first-order valence-corrected chi connectivity index (χ1v) is 7.54. The van der Waals surface area contributed by atoms with Gasteiger partial charge in [0.15, 0.2) is 6.61 Å². The molecule has 8 nitrogen and oxygen atoms in total. The summed E-state index contributed by atoms with van der Waals surface area (Å²) in [5.41, 5.74) is 1.96. The fourth-order valence-corrected chi connectivity index (χ4v) is 2.36. The lowest BCUT2D eigenvalue weighted by molar-refractivity contribution is -0.150. The lowest BCUT2D eigenvalue weighted by Crippen LogP contribution is -2.24. The number of furan rings is 1. The smallest absolute Gasteiger partial charge is 0.332 e. The number of nitrogens with one attached hydrogen (secondary N) is 1. The summed E-state index contributed by atoms with van der Waals surface area (Å²) in [6, 6.07) is 5.67. The predicted octanol–water partition coefficient (Wildman–Crippen LogP) is 1.75. The van der Waals surface area contributed by atoms with Crippen molar-refractivity contribution < 1.29 is 23.5 Å². The zero-order valence-corrected chi connectivity index (χ0v) is 14.3. The number of aromatic nitrogens is 1. The van der Waals surface area contributed by atoms with E-state index in [0.717, 1.165) is 11.3 Å². The summed E-state index contributed by atoms with van der Waals surface area (Å²) in [7, 11) is 1.35. The Kier molecular flexibility index (Phi) is 5.98. The van der Waals surface area contributed by atoms with E-state index in [1.54, 1.807) is 29.9 Å². The molecule has 0 aliphatic rings. The second-order valence-corrected chi connectivity index (χ2v) is 5.35. The Bertz CT molecular complexity index is 799. The highest BCUT2D eigenvalue weighted by atomic mass is 16.6. The zero-order chi connectivity index (χ0) is 18.4. The maximum atomic E-state index is 12.1. The zero-order valence-electron chi connectivity index (χ0n) is 14.3. The van der Waals surface area contributed by atoms with Crippen LogP contribution in [0, 0.1) is 25.2 Å². The molecule has 0 aliphatic heterocycles. The van der Waals surface area contributed by atoms with Crippen molar-refractivity contribution in [3.63, 3.8) is 0 Å². The second kappa shape index (κ2) is 8.17. The molecule has 0 aliphatic carbocycles. The third-order valence-electron chi connectivity index (χ3n) is 3.72. The van der Waals surface area contributed by atoms with Crippen LogP contribution in [0.15, 0.2) is 22.8 Å². The Labute approximate surface area is 144 Å². The summed E-state index contributed by atoms with van der Waals surface area (Å²) in [5.74, 6) is -0.151. The van der Waals surface area contributed by atoms with E-state index in [-0.39, 0.29) is 6.61 Å². The number of anilines is 1. The van der Waals surface area contributed by atoms with Crippen LogP contribution >= 0.6 is 0 Å². The Morgan fingerprint density at radius 1 is 1.36 bits per heavy atom. The minimum Gasteiger partial charge on any atom is -0.467 e. The molecule has 132 valence electrons. The maximum absolute atomic E-state index is 12.1. The number of rotatable bonds is 7. The number of nitriles is 1. The normalized spacial score (nSPS) is 10.3. The molecule has 2 heterocycles. The van der Waals surface area contributed by atoms with Gasteiger partial charge >= 0.3 is 5.97 Å². The van der Waals surface area contributed by atoms with Gasteiger partial charge in [-0.25, -0.2) is 4.79 Å². The first kappa shape index (κ1) is 18.3. The fraction of sp³-hybridized carbons (Fsp3) is 0.353. The van der Waals surface area contributed by atoms with Crippen molar-refractivity contribution in [2.45, 2.75) is 20.4 Å². The molecule has 8 heteroatoms. The van der Waals surface area contributed by atoms with Gasteiger partial charge in [0.05, 0.1) is 18.4 Å². The van der Waals surface area contributed by atoms with Gasteiger partial charge in [0.1, 0.15) is 24.3 Å². The maximum Gasteiger partial charge on any atom is 0.332 e. The lowest BCUT2D eigenvalue weighted by atomic mass is 10.2. The Hall–Kier alpha value is -3.05. The summed E-state index contributed by atoms with van der Waals surface area (Å²) in [6.07, 6.45) is 1.56. The number of methoxy groups -OCH3 is 1. The number of carbonyl (C=O) groups excluding carboxylic acids is 2. The van der Waals surface area contributed by atoms with Gasteiger partial charge in [-0.2, -0.15) is 5.26 Å². The molecular formula is C17H19N3O5. The van der Waals surface area contributed by atoms with Crippen molar-refractivity contribution in [3.05, 3.63) is 41.0 Å². The standard InChI is InChI=1S/C17H19N3O5/c1-11-12(2)20(8-13-5-4-6-24-13)17(14(11)7-18)19-15(21)9-25-16(22)10-23-3/h4-6H,8-10H2,1-3H3,(H,19,21). The molecule has 0 saturated carbocycles. The van der Waals surface area contributed by atoms with Crippen molar-refractivity contribution in [2.24, 2.45) is 0 Å².